The SMILES string of the molecule is CC(=N)CCC(NC(=O)c1ccc(N(C)Cc2cnc3nc(N)nc(N)c3n2)cc1)C(N)=O. The van der Waals surface area contributed by atoms with Gasteiger partial charge in [0.15, 0.2) is 17.0 Å². The van der Waals surface area contributed by atoms with Gasteiger partial charge in [0.25, 0.3) is 5.91 Å². The van der Waals surface area contributed by atoms with Gasteiger partial charge in [-0.2, -0.15) is 9.97 Å². The van der Waals surface area contributed by atoms with E-state index in [9.17, 15) is 9.59 Å². The number of aromatic nitrogens is 4. The molecule has 172 valence electrons. The van der Waals surface area contributed by atoms with E-state index in [0.29, 0.717) is 41.1 Å². The lowest BCUT2D eigenvalue weighted by atomic mass is 10.1. The molecule has 2 aromatic heterocycles. The Labute approximate surface area is 190 Å². The zero-order chi connectivity index (χ0) is 24.1. The van der Waals surface area contributed by atoms with Crippen LogP contribution in [0.2, 0.25) is 0 Å². The van der Waals surface area contributed by atoms with Crippen LogP contribution in [0.5, 0.6) is 0 Å². The van der Waals surface area contributed by atoms with Crippen molar-refractivity contribution in [3.63, 3.8) is 0 Å². The van der Waals surface area contributed by atoms with E-state index in [1.165, 1.54) is 0 Å². The van der Waals surface area contributed by atoms with Crippen LogP contribution in [0.15, 0.2) is 30.5 Å². The quantitative estimate of drug-likeness (QED) is 0.289. The highest BCUT2D eigenvalue weighted by atomic mass is 16.2. The van der Waals surface area contributed by atoms with Crippen LogP contribution < -0.4 is 27.4 Å². The molecule has 1 aromatic carbocycles. The third-order valence-corrected chi connectivity index (χ3v) is 4.93. The lowest BCUT2D eigenvalue weighted by molar-refractivity contribution is -0.119. The minimum atomic E-state index is -0.835. The van der Waals surface area contributed by atoms with Crippen molar-refractivity contribution < 1.29 is 9.59 Å². The van der Waals surface area contributed by atoms with Crippen LogP contribution in [-0.4, -0.2) is 50.6 Å². The van der Waals surface area contributed by atoms with Crippen LogP contribution in [0.4, 0.5) is 17.5 Å². The molecule has 12 nitrogen and oxygen atoms in total. The first kappa shape index (κ1) is 23.3. The van der Waals surface area contributed by atoms with Gasteiger partial charge < -0.3 is 32.8 Å². The molecule has 3 rings (SSSR count). The summed E-state index contributed by atoms with van der Waals surface area (Å²) in [4.78, 5) is 42.7. The summed E-state index contributed by atoms with van der Waals surface area (Å²) in [7, 11) is 1.87. The molecule has 1 unspecified atom stereocenters. The minimum absolute atomic E-state index is 0.0373. The number of carbonyl (C=O) groups is 2. The highest BCUT2D eigenvalue weighted by Crippen LogP contribution is 2.19. The molecule has 12 heteroatoms. The van der Waals surface area contributed by atoms with Crippen molar-refractivity contribution in [2.24, 2.45) is 5.73 Å². The second-order valence-corrected chi connectivity index (χ2v) is 7.65. The van der Waals surface area contributed by atoms with Gasteiger partial charge in [-0.1, -0.05) is 0 Å². The number of rotatable bonds is 9. The fraction of sp³-hybridized carbons (Fsp3) is 0.286. The maximum Gasteiger partial charge on any atom is 0.251 e. The van der Waals surface area contributed by atoms with Crippen molar-refractivity contribution >= 4 is 46.1 Å². The maximum atomic E-state index is 12.5. The van der Waals surface area contributed by atoms with E-state index in [0.717, 1.165) is 5.69 Å². The Morgan fingerprint density at radius 3 is 2.48 bits per heavy atom. The molecule has 0 spiro atoms. The Morgan fingerprint density at radius 2 is 1.85 bits per heavy atom. The molecule has 1 atom stereocenters. The van der Waals surface area contributed by atoms with Crippen molar-refractivity contribution in [3.8, 4) is 0 Å². The Kier molecular flexibility index (Phi) is 6.96. The van der Waals surface area contributed by atoms with Crippen molar-refractivity contribution in [2.45, 2.75) is 32.4 Å². The summed E-state index contributed by atoms with van der Waals surface area (Å²) in [5, 5.41) is 10.1. The third-order valence-electron chi connectivity index (χ3n) is 4.93. The number of nitrogens with zero attached hydrogens (tertiary/aromatic N) is 5. The monoisotopic (exact) mass is 450 g/mol. The van der Waals surface area contributed by atoms with Gasteiger partial charge in [-0.3, -0.25) is 9.59 Å². The van der Waals surface area contributed by atoms with Crippen LogP contribution in [0, 0.1) is 5.41 Å². The predicted octanol–water partition coefficient (Wildman–Crippen LogP) is 0.624. The number of hydrogen-bond donors (Lipinski definition) is 5. The van der Waals surface area contributed by atoms with Crippen LogP contribution in [0.25, 0.3) is 11.2 Å². The summed E-state index contributed by atoms with van der Waals surface area (Å²) in [5.41, 5.74) is 19.8. The second-order valence-electron chi connectivity index (χ2n) is 7.65. The average molecular weight is 451 g/mol. The molecule has 2 amide bonds. The third kappa shape index (κ3) is 5.87. The molecule has 0 saturated carbocycles. The summed E-state index contributed by atoms with van der Waals surface area (Å²) in [6.07, 6.45) is 2.25. The van der Waals surface area contributed by atoms with Crippen molar-refractivity contribution in [1.29, 1.82) is 5.41 Å². The first-order chi connectivity index (χ1) is 15.6. The second kappa shape index (κ2) is 9.85. The van der Waals surface area contributed by atoms with E-state index >= 15 is 0 Å². The predicted molar refractivity (Wildman–Crippen MR) is 126 cm³/mol. The molecule has 3 aromatic rings. The van der Waals surface area contributed by atoms with Gasteiger partial charge in [0.2, 0.25) is 11.9 Å². The number of nitrogen functional groups attached to an aromatic ring is 2. The van der Waals surface area contributed by atoms with Crippen molar-refractivity contribution in [3.05, 3.63) is 41.7 Å². The van der Waals surface area contributed by atoms with E-state index in [-0.39, 0.29) is 18.2 Å². The number of nitrogens with two attached hydrogens (primary N) is 3. The normalized spacial score (nSPS) is 11.7. The number of benzene rings is 1. The summed E-state index contributed by atoms with van der Waals surface area (Å²) >= 11 is 0. The van der Waals surface area contributed by atoms with Gasteiger partial charge in [0.05, 0.1) is 18.4 Å². The fourth-order valence-corrected chi connectivity index (χ4v) is 3.15. The van der Waals surface area contributed by atoms with Gasteiger partial charge in [-0.25, -0.2) is 9.97 Å². The number of primary amides is 1. The van der Waals surface area contributed by atoms with Crippen molar-refractivity contribution in [2.75, 3.05) is 23.4 Å². The summed E-state index contributed by atoms with van der Waals surface area (Å²) in [6.45, 7) is 2.06. The highest BCUT2D eigenvalue weighted by molar-refractivity contribution is 5.97. The van der Waals surface area contributed by atoms with E-state index in [4.69, 9.17) is 22.6 Å². The minimum Gasteiger partial charge on any atom is -0.382 e. The largest absolute Gasteiger partial charge is 0.382 e. The number of nitrogens with one attached hydrogen (secondary N) is 2. The lowest BCUT2D eigenvalue weighted by Gasteiger charge is -2.19. The summed E-state index contributed by atoms with van der Waals surface area (Å²) in [5.74, 6) is -0.845. The molecule has 33 heavy (non-hydrogen) atoms. The standard InChI is InChI=1S/C21H26N10O2/c1-11(22)3-8-15(18(24)32)28-20(33)12-4-6-14(7-5-12)31(2)10-13-9-26-19-16(27-13)17(23)29-21(25)30-19/h4-7,9,15,22H,3,8,10H2,1-2H3,(H2,24,32)(H,28,33)(H4,23,25,26,29,30). The van der Waals surface area contributed by atoms with E-state index in [1.54, 1.807) is 37.4 Å². The average Bonchev–Trinajstić information content (AvgIpc) is 2.76. The van der Waals surface area contributed by atoms with Crippen molar-refractivity contribution in [1.82, 2.24) is 25.3 Å². The molecule has 0 aliphatic carbocycles. The van der Waals surface area contributed by atoms with Gasteiger partial charge >= 0.3 is 0 Å². The number of fused-ring (bicyclic) bond motifs is 1. The van der Waals surface area contributed by atoms with Gasteiger partial charge in [0, 0.05) is 24.0 Å². The smallest absolute Gasteiger partial charge is 0.251 e. The molecule has 0 radical (unpaired) electrons. The topological polar surface area (TPSA) is 203 Å². The van der Waals surface area contributed by atoms with Gasteiger partial charge in [0.1, 0.15) is 6.04 Å². The van der Waals surface area contributed by atoms with E-state index in [2.05, 4.69) is 25.3 Å². The molecule has 8 N–H and O–H groups in total. The molecule has 0 aliphatic heterocycles. The zero-order valence-corrected chi connectivity index (χ0v) is 18.4. The molecular weight excluding hydrogens is 424 g/mol. The van der Waals surface area contributed by atoms with Crippen LogP contribution in [-0.2, 0) is 11.3 Å². The van der Waals surface area contributed by atoms with Gasteiger partial charge in [-0.05, 0) is 44.0 Å². The maximum absolute atomic E-state index is 12.5. The fourth-order valence-electron chi connectivity index (χ4n) is 3.15. The number of hydrogen-bond acceptors (Lipinski definition) is 10. The molecule has 2 heterocycles. The summed E-state index contributed by atoms with van der Waals surface area (Å²) < 4.78 is 0. The molecule has 0 aliphatic rings. The number of anilines is 3. The Balaban J connectivity index is 1.67. The molecular formula is C21H26N10O2. The highest BCUT2D eigenvalue weighted by Gasteiger charge is 2.19. The molecule has 0 saturated heterocycles. The Bertz CT molecular complexity index is 1200. The molecule has 0 fully saturated rings. The first-order valence-electron chi connectivity index (χ1n) is 10.1. The summed E-state index contributed by atoms with van der Waals surface area (Å²) in [6, 6.07) is 6.03. The van der Waals surface area contributed by atoms with E-state index in [1.807, 2.05) is 11.9 Å². The number of amides is 2. The zero-order valence-electron chi connectivity index (χ0n) is 18.4. The Hall–Kier alpha value is -4.35. The Morgan fingerprint density at radius 1 is 1.15 bits per heavy atom. The van der Waals surface area contributed by atoms with Crippen LogP contribution >= 0.6 is 0 Å². The van der Waals surface area contributed by atoms with Gasteiger partial charge in [-0.15, -0.1) is 0 Å². The van der Waals surface area contributed by atoms with E-state index < -0.39 is 17.9 Å². The van der Waals surface area contributed by atoms with Crippen LogP contribution in [0.1, 0.15) is 35.8 Å². The lowest BCUT2D eigenvalue weighted by Crippen LogP contribution is -2.44. The van der Waals surface area contributed by atoms with Crippen LogP contribution in [0.3, 0.4) is 0 Å². The number of carbonyl (C=O) groups excluding carboxylic acids is 2. The first-order valence-corrected chi connectivity index (χ1v) is 10.1. The molecule has 0 bridgehead atoms.